The van der Waals surface area contributed by atoms with Gasteiger partial charge in [-0.2, -0.15) is 0 Å². The first-order chi connectivity index (χ1) is 6.09. The average molecular weight is 180 g/mol. The molecule has 0 saturated carbocycles. The molecule has 0 radical (unpaired) electrons. The quantitative estimate of drug-likeness (QED) is 0.610. The van der Waals surface area contributed by atoms with Crippen LogP contribution in [0.3, 0.4) is 0 Å². The lowest BCUT2D eigenvalue weighted by molar-refractivity contribution is 0.170. The number of allylic oxidation sites excluding steroid dienone is 1. The topological polar surface area (TPSA) is 6.48 Å². The summed E-state index contributed by atoms with van der Waals surface area (Å²) < 4.78 is 0. The molecule has 0 unspecified atom stereocenters. The number of piperazine rings is 1. The highest BCUT2D eigenvalue weighted by atomic mass is 15.3. The van der Waals surface area contributed by atoms with E-state index in [0.717, 1.165) is 32.7 Å². The summed E-state index contributed by atoms with van der Waals surface area (Å²) in [5.41, 5.74) is 2.44. The van der Waals surface area contributed by atoms with Crippen LogP contribution in [0.15, 0.2) is 24.4 Å². The third kappa shape index (κ3) is 3.23. The summed E-state index contributed by atoms with van der Waals surface area (Å²) in [6.07, 6.45) is 0. The van der Waals surface area contributed by atoms with Crippen LogP contribution in [0.5, 0.6) is 0 Å². The number of hydrogen-bond donors (Lipinski definition) is 0. The minimum atomic E-state index is 1.05. The second-order valence-electron chi connectivity index (χ2n) is 3.96. The SMILES string of the molecule is C=C(C)CN1CCN(C(=C)C)CC1. The first-order valence-corrected chi connectivity index (χ1v) is 4.87. The number of rotatable bonds is 3. The van der Waals surface area contributed by atoms with Crippen molar-refractivity contribution in [2.75, 3.05) is 32.7 Å². The zero-order valence-corrected chi connectivity index (χ0v) is 8.84. The van der Waals surface area contributed by atoms with Crippen LogP contribution >= 0.6 is 0 Å². The van der Waals surface area contributed by atoms with E-state index >= 15 is 0 Å². The van der Waals surface area contributed by atoms with Gasteiger partial charge in [-0.1, -0.05) is 18.7 Å². The van der Waals surface area contributed by atoms with E-state index in [4.69, 9.17) is 0 Å². The molecule has 0 spiro atoms. The van der Waals surface area contributed by atoms with Gasteiger partial charge in [0.05, 0.1) is 0 Å². The Labute approximate surface area is 81.5 Å². The molecule has 0 bridgehead atoms. The van der Waals surface area contributed by atoms with E-state index < -0.39 is 0 Å². The Morgan fingerprint density at radius 3 is 2.00 bits per heavy atom. The van der Waals surface area contributed by atoms with Gasteiger partial charge in [-0.25, -0.2) is 0 Å². The predicted molar refractivity (Wildman–Crippen MR) is 57.6 cm³/mol. The summed E-state index contributed by atoms with van der Waals surface area (Å²) in [7, 11) is 0. The molecule has 1 rings (SSSR count). The summed E-state index contributed by atoms with van der Waals surface area (Å²) >= 11 is 0. The molecule has 1 aliphatic rings. The molecule has 2 nitrogen and oxygen atoms in total. The van der Waals surface area contributed by atoms with Crippen LogP contribution in [-0.2, 0) is 0 Å². The lowest BCUT2D eigenvalue weighted by Gasteiger charge is -2.36. The maximum atomic E-state index is 3.95. The van der Waals surface area contributed by atoms with Crippen molar-refractivity contribution in [3.05, 3.63) is 24.4 Å². The van der Waals surface area contributed by atoms with E-state index in [9.17, 15) is 0 Å². The standard InChI is InChI=1S/C11H20N2/c1-10(2)9-12-5-7-13(8-6-12)11(3)4/h1,3,5-9H2,2,4H3. The molecule has 0 aromatic rings. The molecule has 74 valence electrons. The van der Waals surface area contributed by atoms with Gasteiger partial charge in [-0.3, -0.25) is 4.90 Å². The van der Waals surface area contributed by atoms with Crippen molar-refractivity contribution in [3.63, 3.8) is 0 Å². The Hall–Kier alpha value is -0.760. The lowest BCUT2D eigenvalue weighted by atomic mass is 10.2. The van der Waals surface area contributed by atoms with Crippen molar-refractivity contribution in [3.8, 4) is 0 Å². The molecular formula is C11H20N2. The molecule has 1 heterocycles. The van der Waals surface area contributed by atoms with Crippen LogP contribution in [-0.4, -0.2) is 42.5 Å². The Balaban J connectivity index is 2.30. The van der Waals surface area contributed by atoms with Gasteiger partial charge in [-0.15, -0.1) is 0 Å². The van der Waals surface area contributed by atoms with Crippen LogP contribution in [0.1, 0.15) is 13.8 Å². The van der Waals surface area contributed by atoms with Crippen molar-refractivity contribution in [1.29, 1.82) is 0 Å². The predicted octanol–water partition coefficient (Wildman–Crippen LogP) is 1.71. The molecule has 0 aromatic heterocycles. The molecule has 1 aliphatic heterocycles. The second-order valence-corrected chi connectivity index (χ2v) is 3.96. The van der Waals surface area contributed by atoms with Gasteiger partial charge >= 0.3 is 0 Å². The fourth-order valence-corrected chi connectivity index (χ4v) is 1.67. The Bertz CT molecular complexity index is 200. The summed E-state index contributed by atoms with van der Waals surface area (Å²) in [5.74, 6) is 0. The smallest absolute Gasteiger partial charge is 0.0303 e. The van der Waals surface area contributed by atoms with Crippen LogP contribution in [0.25, 0.3) is 0 Å². The van der Waals surface area contributed by atoms with Gasteiger partial charge in [0.25, 0.3) is 0 Å². The summed E-state index contributed by atoms with van der Waals surface area (Å²) in [4.78, 5) is 4.79. The molecule has 13 heavy (non-hydrogen) atoms. The normalized spacial score (nSPS) is 18.8. The number of nitrogens with zero attached hydrogens (tertiary/aromatic N) is 2. The highest BCUT2D eigenvalue weighted by molar-refractivity contribution is 4.96. The van der Waals surface area contributed by atoms with E-state index in [1.165, 1.54) is 11.3 Å². The largest absolute Gasteiger partial charge is 0.373 e. The van der Waals surface area contributed by atoms with Gasteiger partial charge in [0.15, 0.2) is 0 Å². The van der Waals surface area contributed by atoms with Crippen molar-refractivity contribution in [1.82, 2.24) is 9.80 Å². The van der Waals surface area contributed by atoms with Gasteiger partial charge in [0.1, 0.15) is 0 Å². The fraction of sp³-hybridized carbons (Fsp3) is 0.636. The summed E-state index contributed by atoms with van der Waals surface area (Å²) in [6.45, 7) is 17.6. The highest BCUT2D eigenvalue weighted by Crippen LogP contribution is 2.07. The third-order valence-corrected chi connectivity index (χ3v) is 2.41. The van der Waals surface area contributed by atoms with Crippen molar-refractivity contribution < 1.29 is 0 Å². The van der Waals surface area contributed by atoms with E-state index in [-0.39, 0.29) is 0 Å². The molecule has 0 aliphatic carbocycles. The molecule has 1 saturated heterocycles. The monoisotopic (exact) mass is 180 g/mol. The molecule has 2 heteroatoms. The second kappa shape index (κ2) is 4.47. The Morgan fingerprint density at radius 1 is 1.08 bits per heavy atom. The van der Waals surface area contributed by atoms with E-state index in [2.05, 4.69) is 36.8 Å². The molecule has 0 aromatic carbocycles. The van der Waals surface area contributed by atoms with Crippen LogP contribution < -0.4 is 0 Å². The van der Waals surface area contributed by atoms with Crippen molar-refractivity contribution in [2.45, 2.75) is 13.8 Å². The zero-order chi connectivity index (χ0) is 9.84. The van der Waals surface area contributed by atoms with Gasteiger partial charge in [0.2, 0.25) is 0 Å². The zero-order valence-electron chi connectivity index (χ0n) is 8.84. The molecule has 1 fully saturated rings. The first kappa shape index (κ1) is 10.3. The molecular weight excluding hydrogens is 160 g/mol. The van der Waals surface area contributed by atoms with Crippen LogP contribution in [0.4, 0.5) is 0 Å². The van der Waals surface area contributed by atoms with Crippen molar-refractivity contribution in [2.24, 2.45) is 0 Å². The van der Waals surface area contributed by atoms with E-state index in [0.29, 0.717) is 0 Å². The molecule has 0 N–H and O–H groups in total. The maximum absolute atomic E-state index is 3.95. The van der Waals surface area contributed by atoms with Gasteiger partial charge in [-0.05, 0) is 13.8 Å². The van der Waals surface area contributed by atoms with Gasteiger partial charge < -0.3 is 4.90 Å². The average Bonchev–Trinajstić information content (AvgIpc) is 2.04. The fourth-order valence-electron chi connectivity index (χ4n) is 1.67. The maximum Gasteiger partial charge on any atom is 0.0303 e. The molecule has 0 amide bonds. The van der Waals surface area contributed by atoms with Gasteiger partial charge in [0, 0.05) is 38.4 Å². The first-order valence-electron chi connectivity index (χ1n) is 4.87. The Morgan fingerprint density at radius 2 is 1.62 bits per heavy atom. The van der Waals surface area contributed by atoms with Crippen LogP contribution in [0, 0.1) is 0 Å². The third-order valence-electron chi connectivity index (χ3n) is 2.41. The summed E-state index contributed by atoms with van der Waals surface area (Å²) in [5, 5.41) is 0. The lowest BCUT2D eigenvalue weighted by Crippen LogP contribution is -2.45. The summed E-state index contributed by atoms with van der Waals surface area (Å²) in [6, 6.07) is 0. The van der Waals surface area contributed by atoms with E-state index in [1.54, 1.807) is 0 Å². The molecule has 0 atom stereocenters. The van der Waals surface area contributed by atoms with E-state index in [1.807, 2.05) is 0 Å². The minimum Gasteiger partial charge on any atom is -0.373 e. The van der Waals surface area contributed by atoms with Crippen molar-refractivity contribution >= 4 is 0 Å². The minimum absolute atomic E-state index is 1.05. The van der Waals surface area contributed by atoms with Crippen LogP contribution in [0.2, 0.25) is 0 Å². The highest BCUT2D eigenvalue weighted by Gasteiger charge is 2.15. The Kier molecular flexibility index (Phi) is 3.55. The number of hydrogen-bond acceptors (Lipinski definition) is 2.